The van der Waals surface area contributed by atoms with Gasteiger partial charge in [0.05, 0.1) is 51.7 Å². The molecule has 2 saturated heterocycles. The molecule has 306 valence electrons. The maximum Gasteiger partial charge on any atom is 0.414 e. The Hall–Kier alpha value is -5.04. The van der Waals surface area contributed by atoms with E-state index in [-0.39, 0.29) is 36.0 Å². The largest absolute Gasteiger partial charge is 0.497 e. The molecule has 1 unspecified atom stereocenters. The first-order valence-electron chi connectivity index (χ1n) is 20.5. The van der Waals surface area contributed by atoms with Crippen LogP contribution in [0.4, 0.5) is 16.2 Å². The van der Waals surface area contributed by atoms with E-state index in [4.69, 9.17) is 14.2 Å². The molecular weight excluding hydrogens is 747 g/mol. The highest BCUT2D eigenvalue weighted by Gasteiger charge is 2.66. The fraction of sp³-hybridized carbons (Fsp3) is 0.435. The number of hydrogen-bond donors (Lipinski definition) is 1. The second kappa shape index (κ2) is 17.0. The number of methoxy groups -OCH3 is 1. The maximum absolute atomic E-state index is 15.4. The van der Waals surface area contributed by atoms with E-state index in [0.29, 0.717) is 44.0 Å². The Morgan fingerprint density at radius 3 is 2.48 bits per heavy atom. The SMILES string of the molecule is COc1ccc([Si](C)(C)[C@H]2[C@H](CCn3cc(C(CO)c4ccccc4)nn3)O[C@@]3(C(=O)N(C/C=C(\C)CCC=C(C)C)c4ccc(N5CCOC5=O)cc43)[C@@H]2C)cc1. The van der Waals surface area contributed by atoms with Gasteiger partial charge in [0.15, 0.2) is 5.60 Å². The Morgan fingerprint density at radius 2 is 1.81 bits per heavy atom. The third kappa shape index (κ3) is 7.77. The number of allylic oxidation sites excluding steroid dienone is 3. The number of carbonyl (C=O) groups excluding carboxylic acids is 2. The molecule has 0 bridgehead atoms. The lowest BCUT2D eigenvalue weighted by Gasteiger charge is -2.37. The zero-order valence-electron chi connectivity index (χ0n) is 34.9. The average molecular weight is 804 g/mol. The van der Waals surface area contributed by atoms with Crippen LogP contribution < -0.4 is 19.7 Å². The van der Waals surface area contributed by atoms with Crippen LogP contribution in [-0.2, 0) is 26.4 Å². The lowest BCUT2D eigenvalue weighted by atomic mass is 9.82. The number of benzene rings is 3. The van der Waals surface area contributed by atoms with Crippen molar-refractivity contribution in [3.8, 4) is 5.75 Å². The molecule has 3 aromatic carbocycles. The van der Waals surface area contributed by atoms with E-state index in [1.807, 2.05) is 76.4 Å². The van der Waals surface area contributed by atoms with Gasteiger partial charge in [0.1, 0.15) is 12.4 Å². The quantitative estimate of drug-likeness (QED) is 0.0960. The molecule has 11 nitrogen and oxygen atoms in total. The predicted molar refractivity (Wildman–Crippen MR) is 229 cm³/mol. The van der Waals surface area contributed by atoms with E-state index in [1.165, 1.54) is 16.3 Å². The molecule has 1 aromatic heterocycles. The molecule has 4 heterocycles. The van der Waals surface area contributed by atoms with E-state index in [9.17, 15) is 9.90 Å². The van der Waals surface area contributed by atoms with Crippen LogP contribution in [-0.4, -0.2) is 79.7 Å². The Balaban J connectivity index is 1.27. The molecule has 3 aliphatic rings. The topological polar surface area (TPSA) is 119 Å². The minimum Gasteiger partial charge on any atom is -0.497 e. The smallest absolute Gasteiger partial charge is 0.414 e. The van der Waals surface area contributed by atoms with Crippen molar-refractivity contribution in [3.05, 3.63) is 119 Å². The predicted octanol–water partition coefficient (Wildman–Crippen LogP) is 7.71. The van der Waals surface area contributed by atoms with Crippen LogP contribution in [0, 0.1) is 5.92 Å². The monoisotopic (exact) mass is 803 g/mol. The fourth-order valence-electron chi connectivity index (χ4n) is 9.38. The molecule has 2 fully saturated rings. The lowest BCUT2D eigenvalue weighted by molar-refractivity contribution is -0.145. The number of hydrogen-bond acceptors (Lipinski definition) is 8. The van der Waals surface area contributed by atoms with E-state index in [1.54, 1.807) is 12.0 Å². The zero-order valence-corrected chi connectivity index (χ0v) is 35.9. The Morgan fingerprint density at radius 1 is 1.05 bits per heavy atom. The Bertz CT molecular complexity index is 2160. The van der Waals surface area contributed by atoms with Gasteiger partial charge in [-0.25, -0.2) is 4.79 Å². The summed E-state index contributed by atoms with van der Waals surface area (Å²) < 4.78 is 20.1. The third-order valence-electron chi connectivity index (χ3n) is 12.5. The number of aromatic nitrogens is 3. The molecule has 0 aliphatic carbocycles. The number of aliphatic hydroxyl groups is 1. The standard InChI is InChI=1S/C46H57N5O6Si/c1-31(2)12-11-13-32(3)22-25-51-41-21-16-35(50-26-27-56-45(50)54)28-39(41)46(44(51)53)33(4)43(58(6,7)37-19-17-36(55-5)18-20-37)42(57-46)23-24-49-29-40(47-48-49)38(30-52)34-14-9-8-10-15-34/h8-10,12,14-22,28-29,33,38,42-43,52H,11,13,23-27,30H2,1-7H3/b32-22+/t33-,38?,42+,43-,46+/m1/s1. The van der Waals surface area contributed by atoms with Crippen LogP contribution >= 0.6 is 0 Å². The second-order valence-corrected chi connectivity index (χ2v) is 21.4. The van der Waals surface area contributed by atoms with Gasteiger partial charge in [-0.1, -0.05) is 96.2 Å². The minimum atomic E-state index is -2.42. The summed E-state index contributed by atoms with van der Waals surface area (Å²) >= 11 is 0. The molecule has 12 heteroatoms. The fourth-order valence-corrected chi connectivity index (χ4v) is 13.4. The third-order valence-corrected chi connectivity index (χ3v) is 16.9. The van der Waals surface area contributed by atoms with Gasteiger partial charge in [-0.3, -0.25) is 14.4 Å². The van der Waals surface area contributed by atoms with Crippen molar-refractivity contribution in [2.75, 3.05) is 43.2 Å². The molecular formula is C46H57N5O6Si. The van der Waals surface area contributed by atoms with Crippen molar-refractivity contribution in [1.29, 1.82) is 0 Å². The van der Waals surface area contributed by atoms with Gasteiger partial charge in [-0.2, -0.15) is 0 Å². The van der Waals surface area contributed by atoms with E-state index >= 15 is 4.79 Å². The number of carbonyl (C=O) groups is 2. The van der Waals surface area contributed by atoms with Crippen molar-refractivity contribution < 1.29 is 28.9 Å². The van der Waals surface area contributed by atoms with Crippen LogP contribution in [0.3, 0.4) is 0 Å². The van der Waals surface area contributed by atoms with Gasteiger partial charge in [-0.05, 0) is 81.5 Å². The highest BCUT2D eigenvalue weighted by Crippen LogP contribution is 2.60. The summed E-state index contributed by atoms with van der Waals surface area (Å²) in [4.78, 5) is 31.7. The number of amides is 2. The first-order valence-corrected chi connectivity index (χ1v) is 23.5. The molecule has 4 aromatic rings. The zero-order chi connectivity index (χ0) is 41.2. The van der Waals surface area contributed by atoms with Crippen molar-refractivity contribution in [3.63, 3.8) is 0 Å². The minimum absolute atomic E-state index is 0.0110. The van der Waals surface area contributed by atoms with Gasteiger partial charge in [0.2, 0.25) is 0 Å². The molecule has 1 spiro atoms. The molecule has 0 saturated carbocycles. The number of aryl methyl sites for hydroxylation is 1. The Labute approximate surface area is 343 Å². The number of aliphatic hydroxyl groups excluding tert-OH is 1. The summed E-state index contributed by atoms with van der Waals surface area (Å²) in [7, 11) is -0.744. The number of nitrogens with zero attached hydrogens (tertiary/aromatic N) is 5. The summed E-state index contributed by atoms with van der Waals surface area (Å²) in [6.45, 7) is 14.9. The van der Waals surface area contributed by atoms with Crippen molar-refractivity contribution in [2.24, 2.45) is 5.92 Å². The van der Waals surface area contributed by atoms with Gasteiger partial charge in [0, 0.05) is 36.5 Å². The van der Waals surface area contributed by atoms with Gasteiger partial charge in [-0.15, -0.1) is 5.10 Å². The molecule has 3 aliphatic heterocycles. The summed E-state index contributed by atoms with van der Waals surface area (Å²) in [5.41, 5.74) is 5.20. The van der Waals surface area contributed by atoms with E-state index in [0.717, 1.165) is 35.4 Å². The maximum atomic E-state index is 15.4. The van der Waals surface area contributed by atoms with Gasteiger partial charge < -0.3 is 24.2 Å². The molecule has 0 radical (unpaired) electrons. The number of anilines is 2. The Kier molecular flexibility index (Phi) is 12.1. The van der Waals surface area contributed by atoms with Crippen molar-refractivity contribution in [1.82, 2.24) is 15.0 Å². The summed E-state index contributed by atoms with van der Waals surface area (Å²) in [6, 6.07) is 24.1. The molecule has 1 N–H and O–H groups in total. The van der Waals surface area contributed by atoms with Crippen molar-refractivity contribution in [2.45, 2.75) is 89.8 Å². The number of ether oxygens (including phenoxy) is 3. The summed E-state index contributed by atoms with van der Waals surface area (Å²) in [5.74, 6) is 0.210. The molecule has 5 atom stereocenters. The highest BCUT2D eigenvalue weighted by atomic mass is 28.3. The first kappa shape index (κ1) is 41.1. The average Bonchev–Trinajstić information content (AvgIpc) is 3.99. The van der Waals surface area contributed by atoms with Crippen LogP contribution in [0.15, 0.2) is 102 Å². The van der Waals surface area contributed by atoms with E-state index in [2.05, 4.69) is 75.4 Å². The van der Waals surface area contributed by atoms with E-state index < -0.39 is 19.8 Å². The number of fused-ring (bicyclic) bond motifs is 2. The van der Waals surface area contributed by atoms with Crippen molar-refractivity contribution >= 4 is 36.6 Å². The highest BCUT2D eigenvalue weighted by molar-refractivity contribution is 6.91. The number of cyclic esters (lactones) is 1. The number of rotatable bonds is 15. The second-order valence-electron chi connectivity index (χ2n) is 16.8. The molecule has 2 amide bonds. The first-order chi connectivity index (χ1) is 27.9. The summed E-state index contributed by atoms with van der Waals surface area (Å²) in [5, 5.41) is 20.6. The molecule has 58 heavy (non-hydrogen) atoms. The van der Waals surface area contributed by atoms with Gasteiger partial charge >= 0.3 is 6.09 Å². The van der Waals surface area contributed by atoms with Crippen LogP contribution in [0.1, 0.15) is 69.7 Å². The normalized spacial score (nSPS) is 22.4. The van der Waals surface area contributed by atoms with Gasteiger partial charge in [0.25, 0.3) is 5.91 Å². The van der Waals surface area contributed by atoms with Crippen LogP contribution in [0.2, 0.25) is 18.6 Å². The molecule has 7 rings (SSSR count). The van der Waals surface area contributed by atoms with Crippen LogP contribution in [0.25, 0.3) is 0 Å². The van der Waals surface area contributed by atoms with Crippen LogP contribution in [0.5, 0.6) is 5.75 Å². The lowest BCUT2D eigenvalue weighted by Crippen LogP contribution is -2.52. The summed E-state index contributed by atoms with van der Waals surface area (Å²) in [6.07, 6.45) is 8.06.